The SMILES string of the molecule is CCN(CC)S(=O)(=O)c1cc(C(=O)Nc2cccc(C3SCCS3)c2)ccc1OC. The topological polar surface area (TPSA) is 75.7 Å². The van der Waals surface area contributed by atoms with Crippen molar-refractivity contribution in [1.82, 2.24) is 4.31 Å². The Morgan fingerprint density at radius 3 is 2.47 bits per heavy atom. The monoisotopic (exact) mass is 466 g/mol. The molecule has 1 saturated heterocycles. The predicted octanol–water partition coefficient (Wildman–Crippen LogP) is 4.46. The number of ether oxygens (including phenoxy) is 1. The van der Waals surface area contributed by atoms with Gasteiger partial charge in [-0.15, -0.1) is 23.5 Å². The number of hydrogen-bond donors (Lipinski definition) is 1. The van der Waals surface area contributed by atoms with Gasteiger partial charge in [0.1, 0.15) is 10.6 Å². The van der Waals surface area contributed by atoms with Crippen molar-refractivity contribution in [2.45, 2.75) is 23.3 Å². The van der Waals surface area contributed by atoms with Gasteiger partial charge in [-0.3, -0.25) is 4.79 Å². The second-order valence-corrected chi connectivity index (χ2v) is 11.2. The molecule has 1 N–H and O–H groups in total. The van der Waals surface area contributed by atoms with E-state index in [9.17, 15) is 13.2 Å². The molecule has 1 amide bonds. The minimum atomic E-state index is -3.77. The quantitative estimate of drug-likeness (QED) is 0.619. The van der Waals surface area contributed by atoms with Gasteiger partial charge in [0.25, 0.3) is 5.91 Å². The third-order valence-electron chi connectivity index (χ3n) is 4.79. The lowest BCUT2D eigenvalue weighted by Gasteiger charge is -2.20. The lowest BCUT2D eigenvalue weighted by atomic mass is 10.2. The normalized spacial score (nSPS) is 14.8. The van der Waals surface area contributed by atoms with Crippen LogP contribution in [-0.2, 0) is 10.0 Å². The Bertz CT molecular complexity index is 1000. The van der Waals surface area contributed by atoms with Crippen molar-refractivity contribution in [2.24, 2.45) is 0 Å². The molecule has 0 bridgehead atoms. The highest BCUT2D eigenvalue weighted by molar-refractivity contribution is 8.19. The van der Waals surface area contributed by atoms with Crippen LogP contribution in [0.2, 0.25) is 0 Å². The third-order valence-corrected chi connectivity index (χ3v) is 9.96. The summed E-state index contributed by atoms with van der Waals surface area (Å²) in [6.07, 6.45) is 0. The lowest BCUT2D eigenvalue weighted by molar-refractivity contribution is 0.102. The van der Waals surface area contributed by atoms with Gasteiger partial charge in [-0.2, -0.15) is 4.31 Å². The fourth-order valence-electron chi connectivity index (χ4n) is 3.24. The van der Waals surface area contributed by atoms with E-state index in [2.05, 4.69) is 11.4 Å². The molecule has 30 heavy (non-hydrogen) atoms. The second kappa shape index (κ2) is 10.1. The van der Waals surface area contributed by atoms with E-state index in [0.717, 1.165) is 11.5 Å². The van der Waals surface area contributed by atoms with Gasteiger partial charge in [0.15, 0.2) is 0 Å². The van der Waals surface area contributed by atoms with E-state index in [1.54, 1.807) is 19.9 Å². The van der Waals surface area contributed by atoms with Crippen molar-refractivity contribution < 1.29 is 17.9 Å². The summed E-state index contributed by atoms with van der Waals surface area (Å²) in [6.45, 7) is 4.22. The first kappa shape index (κ1) is 23.0. The molecule has 0 saturated carbocycles. The third kappa shape index (κ3) is 4.96. The van der Waals surface area contributed by atoms with Crippen molar-refractivity contribution in [3.8, 4) is 5.75 Å². The van der Waals surface area contributed by atoms with Gasteiger partial charge < -0.3 is 10.1 Å². The average molecular weight is 467 g/mol. The van der Waals surface area contributed by atoms with Gasteiger partial charge in [-0.05, 0) is 35.9 Å². The Morgan fingerprint density at radius 1 is 1.13 bits per heavy atom. The van der Waals surface area contributed by atoms with E-state index in [4.69, 9.17) is 4.74 Å². The number of sulfonamides is 1. The number of amides is 1. The molecule has 1 aliphatic rings. The average Bonchev–Trinajstić information content (AvgIpc) is 3.29. The minimum absolute atomic E-state index is 0.00569. The summed E-state index contributed by atoms with van der Waals surface area (Å²) >= 11 is 3.80. The number of anilines is 1. The van der Waals surface area contributed by atoms with E-state index in [0.29, 0.717) is 23.4 Å². The largest absolute Gasteiger partial charge is 0.495 e. The molecular formula is C21H26N2O4S3. The number of thioether (sulfide) groups is 2. The molecule has 0 spiro atoms. The highest BCUT2D eigenvalue weighted by Gasteiger charge is 2.27. The maximum Gasteiger partial charge on any atom is 0.255 e. The Balaban J connectivity index is 1.87. The molecule has 0 aliphatic carbocycles. The molecule has 2 aromatic carbocycles. The molecule has 0 radical (unpaired) electrons. The molecule has 1 fully saturated rings. The van der Waals surface area contributed by atoms with Crippen LogP contribution in [0, 0.1) is 0 Å². The summed E-state index contributed by atoms with van der Waals surface area (Å²) in [5, 5.41) is 2.89. The first-order valence-corrected chi connectivity index (χ1v) is 13.3. The molecule has 0 atom stereocenters. The van der Waals surface area contributed by atoms with Gasteiger partial charge in [-0.1, -0.05) is 26.0 Å². The summed E-state index contributed by atoms with van der Waals surface area (Å²) in [4.78, 5) is 12.9. The highest BCUT2D eigenvalue weighted by atomic mass is 32.2. The molecule has 2 aromatic rings. The van der Waals surface area contributed by atoms with Gasteiger partial charge >= 0.3 is 0 Å². The van der Waals surface area contributed by atoms with Crippen LogP contribution in [0.5, 0.6) is 5.75 Å². The van der Waals surface area contributed by atoms with Gasteiger partial charge in [0, 0.05) is 35.8 Å². The number of carbonyl (C=O) groups excluding carboxylic acids is 1. The van der Waals surface area contributed by atoms with Crippen LogP contribution in [0.3, 0.4) is 0 Å². The number of nitrogens with one attached hydrogen (secondary N) is 1. The number of nitrogens with zero attached hydrogens (tertiary/aromatic N) is 1. The van der Waals surface area contributed by atoms with Crippen LogP contribution >= 0.6 is 23.5 Å². The van der Waals surface area contributed by atoms with E-state index in [-0.39, 0.29) is 22.1 Å². The molecule has 162 valence electrons. The number of rotatable bonds is 8. The van der Waals surface area contributed by atoms with E-state index >= 15 is 0 Å². The Hall–Kier alpha value is -1.68. The predicted molar refractivity (Wildman–Crippen MR) is 125 cm³/mol. The highest BCUT2D eigenvalue weighted by Crippen LogP contribution is 2.45. The molecule has 0 aromatic heterocycles. The van der Waals surface area contributed by atoms with Crippen molar-refractivity contribution in [3.05, 3.63) is 53.6 Å². The van der Waals surface area contributed by atoms with Crippen molar-refractivity contribution in [2.75, 3.05) is 37.0 Å². The van der Waals surface area contributed by atoms with E-state index < -0.39 is 10.0 Å². The number of carbonyl (C=O) groups is 1. The van der Waals surface area contributed by atoms with E-state index in [1.807, 2.05) is 41.7 Å². The Morgan fingerprint density at radius 2 is 1.83 bits per heavy atom. The van der Waals surface area contributed by atoms with Crippen molar-refractivity contribution >= 4 is 45.1 Å². The summed E-state index contributed by atoms with van der Waals surface area (Å²) < 4.78 is 33.0. The maximum absolute atomic E-state index is 13.0. The molecule has 1 aliphatic heterocycles. The fraction of sp³-hybridized carbons (Fsp3) is 0.381. The molecule has 3 rings (SSSR count). The second-order valence-electron chi connectivity index (χ2n) is 6.61. The van der Waals surface area contributed by atoms with Crippen LogP contribution < -0.4 is 10.1 Å². The number of benzene rings is 2. The van der Waals surface area contributed by atoms with Gasteiger partial charge in [-0.25, -0.2) is 8.42 Å². The standard InChI is InChI=1S/C21H26N2O4S3/c1-4-23(5-2)30(25,26)19-14-15(9-10-18(19)27-3)20(24)22-17-8-6-7-16(13-17)21-28-11-12-29-21/h6-10,13-14,21H,4-5,11-12H2,1-3H3,(H,22,24). The molecular weight excluding hydrogens is 440 g/mol. The van der Waals surface area contributed by atoms with Crippen molar-refractivity contribution in [3.63, 3.8) is 0 Å². The van der Waals surface area contributed by atoms with Crippen LogP contribution in [0.25, 0.3) is 0 Å². The summed E-state index contributed by atoms with van der Waals surface area (Å²) in [7, 11) is -2.35. The van der Waals surface area contributed by atoms with Crippen LogP contribution in [0.1, 0.15) is 34.4 Å². The van der Waals surface area contributed by atoms with Gasteiger partial charge in [0.05, 0.1) is 11.7 Å². The maximum atomic E-state index is 13.0. The van der Waals surface area contributed by atoms with Gasteiger partial charge in [0.2, 0.25) is 10.0 Å². The molecule has 6 nitrogen and oxygen atoms in total. The number of hydrogen-bond acceptors (Lipinski definition) is 6. The smallest absolute Gasteiger partial charge is 0.255 e. The first-order valence-electron chi connectivity index (χ1n) is 9.73. The van der Waals surface area contributed by atoms with Crippen LogP contribution in [0.15, 0.2) is 47.4 Å². The zero-order valence-electron chi connectivity index (χ0n) is 17.3. The Kier molecular flexibility index (Phi) is 7.73. The fourth-order valence-corrected chi connectivity index (χ4v) is 7.72. The summed E-state index contributed by atoms with van der Waals surface area (Å²) in [6, 6.07) is 12.3. The summed E-state index contributed by atoms with van der Waals surface area (Å²) in [5.74, 6) is 2.11. The van der Waals surface area contributed by atoms with Crippen molar-refractivity contribution in [1.29, 1.82) is 0 Å². The molecule has 0 unspecified atom stereocenters. The van der Waals surface area contributed by atoms with E-state index in [1.165, 1.54) is 29.1 Å². The molecule has 1 heterocycles. The van der Waals surface area contributed by atoms with Crippen LogP contribution in [0.4, 0.5) is 5.69 Å². The zero-order valence-corrected chi connectivity index (χ0v) is 19.7. The zero-order chi connectivity index (χ0) is 21.7. The lowest BCUT2D eigenvalue weighted by Crippen LogP contribution is -2.31. The first-order chi connectivity index (χ1) is 14.4. The minimum Gasteiger partial charge on any atom is -0.495 e. The summed E-state index contributed by atoms with van der Waals surface area (Å²) in [5.41, 5.74) is 2.12. The molecule has 9 heteroatoms. The Labute approximate surface area is 186 Å². The number of methoxy groups -OCH3 is 1. The van der Waals surface area contributed by atoms with Crippen LogP contribution in [-0.4, -0.2) is 50.3 Å².